The van der Waals surface area contributed by atoms with Crippen molar-refractivity contribution in [1.82, 2.24) is 19.4 Å². The zero-order valence-electron chi connectivity index (χ0n) is 12.6. The molecule has 0 saturated heterocycles. The molecule has 110 valence electrons. The van der Waals surface area contributed by atoms with Crippen LogP contribution in [-0.4, -0.2) is 19.4 Å². The van der Waals surface area contributed by atoms with E-state index in [1.54, 1.807) is 28.9 Å². The summed E-state index contributed by atoms with van der Waals surface area (Å²) >= 11 is 3.34. The van der Waals surface area contributed by atoms with Crippen molar-refractivity contribution in [2.24, 2.45) is 0 Å². The van der Waals surface area contributed by atoms with Crippen molar-refractivity contribution in [3.05, 3.63) is 46.9 Å². The molecule has 0 saturated carbocycles. The summed E-state index contributed by atoms with van der Waals surface area (Å²) in [6.07, 6.45) is 7.65. The first-order valence-electron chi connectivity index (χ1n) is 6.78. The van der Waals surface area contributed by atoms with Crippen molar-refractivity contribution >= 4 is 37.9 Å². The van der Waals surface area contributed by atoms with E-state index in [9.17, 15) is 0 Å². The highest BCUT2D eigenvalue weighted by atomic mass is 32.1. The van der Waals surface area contributed by atoms with Gasteiger partial charge in [0.2, 0.25) is 0 Å². The Kier molecular flexibility index (Phi) is 5.41. The van der Waals surface area contributed by atoms with Crippen LogP contribution in [0, 0.1) is 13.8 Å². The van der Waals surface area contributed by atoms with Gasteiger partial charge in [-0.3, -0.25) is 9.38 Å². The second-order valence-electron chi connectivity index (χ2n) is 4.05. The van der Waals surface area contributed by atoms with Crippen LogP contribution in [0.3, 0.4) is 0 Å². The second kappa shape index (κ2) is 7.28. The van der Waals surface area contributed by atoms with Crippen LogP contribution in [0.25, 0.3) is 15.2 Å². The molecule has 0 fully saturated rings. The predicted molar refractivity (Wildman–Crippen MR) is 91.3 cm³/mol. The summed E-state index contributed by atoms with van der Waals surface area (Å²) in [5, 5.41) is 3.13. The average Bonchev–Trinajstić information content (AvgIpc) is 3.14. The number of aromatic nitrogens is 4. The van der Waals surface area contributed by atoms with Gasteiger partial charge in [0.15, 0.2) is 4.96 Å². The summed E-state index contributed by atoms with van der Waals surface area (Å²) < 4.78 is 3.19. The van der Waals surface area contributed by atoms with Crippen LogP contribution < -0.4 is 0 Å². The van der Waals surface area contributed by atoms with Gasteiger partial charge < -0.3 is 0 Å². The van der Waals surface area contributed by atoms with Crippen LogP contribution in [0.5, 0.6) is 0 Å². The molecule has 4 rings (SSSR count). The number of hydrogen-bond donors (Lipinski definition) is 0. The predicted octanol–water partition coefficient (Wildman–Crippen LogP) is 4.73. The molecule has 0 aliphatic rings. The molecule has 0 aliphatic heterocycles. The van der Waals surface area contributed by atoms with Gasteiger partial charge in [-0.15, -0.1) is 22.7 Å². The lowest BCUT2D eigenvalue weighted by Gasteiger charge is -1.80. The largest absolute Gasteiger partial charge is 0.297 e. The molecule has 4 heterocycles. The third-order valence-electron chi connectivity index (χ3n) is 2.51. The number of imidazole rings is 1. The summed E-state index contributed by atoms with van der Waals surface area (Å²) in [6.45, 7) is 8.00. The van der Waals surface area contributed by atoms with Crippen molar-refractivity contribution in [1.29, 1.82) is 0 Å². The highest BCUT2D eigenvalue weighted by Crippen LogP contribution is 2.18. The Labute approximate surface area is 132 Å². The van der Waals surface area contributed by atoms with Gasteiger partial charge in [0.05, 0.1) is 20.9 Å². The number of thiazole rings is 2. The fourth-order valence-electron chi connectivity index (χ4n) is 1.74. The standard InChI is InChI=1S/C7H6N2S.C6H6N2S.C2H6/c1-5-9-6-2-3-8-4-7(6)10-5;1-5-4-8-2-3-9-6(8)7-5;1-2/h2-4H,1H3;2-4H,1H3;1-2H3. The molecule has 0 bridgehead atoms. The molecule has 0 radical (unpaired) electrons. The van der Waals surface area contributed by atoms with Gasteiger partial charge in [0.25, 0.3) is 0 Å². The first kappa shape index (κ1) is 15.6. The highest BCUT2D eigenvalue weighted by Gasteiger charge is 1.96. The Balaban J connectivity index is 0.000000138. The Bertz CT molecular complexity index is 752. The number of hydrogen-bond acceptors (Lipinski definition) is 5. The third kappa shape index (κ3) is 3.86. The van der Waals surface area contributed by atoms with Crippen LogP contribution in [-0.2, 0) is 0 Å². The van der Waals surface area contributed by atoms with E-state index in [2.05, 4.69) is 15.0 Å². The van der Waals surface area contributed by atoms with E-state index >= 15 is 0 Å². The van der Waals surface area contributed by atoms with E-state index in [1.165, 1.54) is 4.70 Å². The zero-order chi connectivity index (χ0) is 15.2. The SMILES string of the molecule is CC.Cc1cn2ccsc2n1.Cc1nc2ccncc2s1. The van der Waals surface area contributed by atoms with E-state index in [0.717, 1.165) is 21.2 Å². The lowest BCUT2D eigenvalue weighted by molar-refractivity contribution is 1.22. The molecular weight excluding hydrogens is 300 g/mol. The lowest BCUT2D eigenvalue weighted by Crippen LogP contribution is -1.68. The molecule has 4 aromatic heterocycles. The molecule has 6 heteroatoms. The van der Waals surface area contributed by atoms with Crippen LogP contribution in [0.2, 0.25) is 0 Å². The summed E-state index contributed by atoms with van der Waals surface area (Å²) in [4.78, 5) is 13.6. The molecule has 0 N–H and O–H groups in total. The van der Waals surface area contributed by atoms with Crippen LogP contribution in [0.1, 0.15) is 24.5 Å². The molecule has 4 nitrogen and oxygen atoms in total. The van der Waals surface area contributed by atoms with Crippen molar-refractivity contribution in [3.8, 4) is 0 Å². The monoisotopic (exact) mass is 318 g/mol. The van der Waals surface area contributed by atoms with Crippen LogP contribution in [0.4, 0.5) is 0 Å². The maximum Gasteiger partial charge on any atom is 0.193 e. The Morgan fingerprint density at radius 3 is 2.67 bits per heavy atom. The normalized spacial score (nSPS) is 9.90. The molecule has 0 spiro atoms. The summed E-state index contributed by atoms with van der Waals surface area (Å²) in [6, 6.07) is 1.93. The lowest BCUT2D eigenvalue weighted by atomic mass is 10.4. The van der Waals surface area contributed by atoms with Crippen molar-refractivity contribution in [2.45, 2.75) is 27.7 Å². The summed E-state index contributed by atoms with van der Waals surface area (Å²) in [5.74, 6) is 0. The minimum absolute atomic E-state index is 1.05. The van der Waals surface area contributed by atoms with Gasteiger partial charge in [-0.1, -0.05) is 13.8 Å². The first-order valence-corrected chi connectivity index (χ1v) is 8.48. The van der Waals surface area contributed by atoms with Gasteiger partial charge in [0.1, 0.15) is 0 Å². The Morgan fingerprint density at radius 1 is 1.14 bits per heavy atom. The van der Waals surface area contributed by atoms with Gasteiger partial charge >= 0.3 is 0 Å². The van der Waals surface area contributed by atoms with Crippen molar-refractivity contribution < 1.29 is 0 Å². The summed E-state index contributed by atoms with van der Waals surface area (Å²) in [5.41, 5.74) is 2.14. The minimum Gasteiger partial charge on any atom is -0.297 e. The number of nitrogens with zero attached hydrogens (tertiary/aromatic N) is 4. The Hall–Kier alpha value is -1.79. The van der Waals surface area contributed by atoms with Gasteiger partial charge in [-0.05, 0) is 19.9 Å². The Morgan fingerprint density at radius 2 is 1.95 bits per heavy atom. The molecule has 0 aromatic carbocycles. The average molecular weight is 318 g/mol. The van der Waals surface area contributed by atoms with E-state index in [-0.39, 0.29) is 0 Å². The van der Waals surface area contributed by atoms with Crippen LogP contribution >= 0.6 is 22.7 Å². The van der Waals surface area contributed by atoms with Crippen molar-refractivity contribution in [2.75, 3.05) is 0 Å². The van der Waals surface area contributed by atoms with E-state index in [0.29, 0.717) is 0 Å². The fraction of sp³-hybridized carbons (Fsp3) is 0.267. The number of aryl methyl sites for hydroxylation is 2. The van der Waals surface area contributed by atoms with Crippen molar-refractivity contribution in [3.63, 3.8) is 0 Å². The minimum atomic E-state index is 1.05. The van der Waals surface area contributed by atoms with E-state index in [4.69, 9.17) is 0 Å². The number of pyridine rings is 1. The molecule has 0 amide bonds. The van der Waals surface area contributed by atoms with Gasteiger partial charge in [-0.25, -0.2) is 9.97 Å². The fourth-order valence-corrected chi connectivity index (χ4v) is 3.28. The third-order valence-corrected chi connectivity index (χ3v) is 4.20. The van der Waals surface area contributed by atoms with Crippen LogP contribution in [0.15, 0.2) is 36.2 Å². The van der Waals surface area contributed by atoms with Gasteiger partial charge in [-0.2, -0.15) is 0 Å². The van der Waals surface area contributed by atoms with E-state index in [1.807, 2.05) is 62.1 Å². The number of rotatable bonds is 0. The van der Waals surface area contributed by atoms with E-state index < -0.39 is 0 Å². The molecule has 0 atom stereocenters. The maximum atomic E-state index is 4.29. The molecule has 21 heavy (non-hydrogen) atoms. The first-order chi connectivity index (χ1) is 10.2. The second-order valence-corrected chi connectivity index (χ2v) is 6.16. The molecule has 4 aromatic rings. The zero-order valence-corrected chi connectivity index (χ0v) is 14.2. The smallest absolute Gasteiger partial charge is 0.193 e. The number of fused-ring (bicyclic) bond motifs is 2. The maximum absolute atomic E-state index is 4.29. The molecular formula is C15H18N4S2. The van der Waals surface area contributed by atoms with Gasteiger partial charge in [0, 0.05) is 30.2 Å². The quantitative estimate of drug-likeness (QED) is 0.471. The summed E-state index contributed by atoms with van der Waals surface area (Å²) in [7, 11) is 0. The molecule has 0 unspecified atom stereocenters. The molecule has 0 aliphatic carbocycles. The highest BCUT2D eigenvalue weighted by molar-refractivity contribution is 7.18. The topological polar surface area (TPSA) is 43.1 Å².